The monoisotopic (exact) mass is 310 g/mol. The fourth-order valence-corrected chi connectivity index (χ4v) is 3.57. The van der Waals surface area contributed by atoms with Crippen LogP contribution in [0.25, 0.3) is 0 Å². The average molecular weight is 310 g/mol. The molecule has 1 saturated heterocycles. The molecule has 0 aromatic carbocycles. The third kappa shape index (κ3) is 5.91. The first kappa shape index (κ1) is 17.8. The van der Waals surface area contributed by atoms with E-state index in [-0.39, 0.29) is 5.97 Å². The second-order valence-corrected chi connectivity index (χ2v) is 7.23. The van der Waals surface area contributed by atoms with E-state index in [2.05, 4.69) is 6.92 Å². The summed E-state index contributed by atoms with van der Waals surface area (Å²) in [7, 11) is 0. The van der Waals surface area contributed by atoms with E-state index in [1.165, 1.54) is 57.8 Å². The van der Waals surface area contributed by atoms with Crippen molar-refractivity contribution in [2.75, 3.05) is 13.2 Å². The molecule has 3 nitrogen and oxygen atoms in total. The third-order valence-electron chi connectivity index (χ3n) is 5.26. The van der Waals surface area contributed by atoms with Crippen molar-refractivity contribution in [3.8, 4) is 0 Å². The van der Waals surface area contributed by atoms with Crippen LogP contribution in [0.3, 0.4) is 0 Å². The summed E-state index contributed by atoms with van der Waals surface area (Å²) >= 11 is 0. The zero-order chi connectivity index (χ0) is 15.7. The number of rotatable bonds is 11. The normalized spacial score (nSPS) is 25.1. The number of ether oxygens (including phenoxy) is 2. The van der Waals surface area contributed by atoms with E-state index in [9.17, 15) is 4.79 Å². The molecule has 2 fully saturated rings. The molecular formula is C19H34O3. The van der Waals surface area contributed by atoms with E-state index < -0.39 is 5.60 Å². The van der Waals surface area contributed by atoms with Crippen LogP contribution in [-0.4, -0.2) is 24.8 Å². The molecule has 1 atom stereocenters. The van der Waals surface area contributed by atoms with Crippen molar-refractivity contribution < 1.29 is 14.3 Å². The molecule has 1 unspecified atom stereocenters. The molecule has 2 rings (SSSR count). The molecule has 2 aliphatic rings. The van der Waals surface area contributed by atoms with E-state index in [4.69, 9.17) is 9.47 Å². The summed E-state index contributed by atoms with van der Waals surface area (Å²) in [5.74, 6) is 0.878. The van der Waals surface area contributed by atoms with Crippen molar-refractivity contribution in [2.24, 2.45) is 5.92 Å². The zero-order valence-corrected chi connectivity index (χ0v) is 14.4. The molecule has 0 amide bonds. The molecule has 0 spiro atoms. The smallest absolute Gasteiger partial charge is 0.340 e. The van der Waals surface area contributed by atoms with Crippen molar-refractivity contribution in [1.29, 1.82) is 0 Å². The second kappa shape index (κ2) is 9.54. The van der Waals surface area contributed by atoms with Crippen LogP contribution in [0.1, 0.15) is 90.4 Å². The van der Waals surface area contributed by atoms with Gasteiger partial charge in [-0.15, -0.1) is 0 Å². The molecule has 0 bridgehead atoms. The maximum absolute atomic E-state index is 12.0. The van der Waals surface area contributed by atoms with Crippen LogP contribution in [0.15, 0.2) is 0 Å². The fraction of sp³-hybridized carbons (Fsp3) is 0.947. The Bertz CT molecular complexity index is 317. The van der Waals surface area contributed by atoms with Gasteiger partial charge >= 0.3 is 5.97 Å². The summed E-state index contributed by atoms with van der Waals surface area (Å²) in [5, 5.41) is 0. The number of carbonyl (C=O) groups excluding carboxylic acids is 1. The van der Waals surface area contributed by atoms with E-state index in [0.717, 1.165) is 31.6 Å². The molecule has 1 saturated carbocycles. The predicted molar refractivity (Wildman–Crippen MR) is 88.8 cm³/mol. The van der Waals surface area contributed by atoms with Gasteiger partial charge in [0.05, 0.1) is 13.2 Å². The van der Waals surface area contributed by atoms with Gasteiger partial charge in [0, 0.05) is 0 Å². The highest BCUT2D eigenvalue weighted by atomic mass is 16.6. The predicted octanol–water partition coefficient (Wildman–Crippen LogP) is 5.02. The van der Waals surface area contributed by atoms with Gasteiger partial charge < -0.3 is 9.47 Å². The van der Waals surface area contributed by atoms with Gasteiger partial charge in [-0.1, -0.05) is 71.1 Å². The van der Waals surface area contributed by atoms with Crippen molar-refractivity contribution >= 4 is 5.97 Å². The molecule has 3 heteroatoms. The number of epoxide rings is 1. The summed E-state index contributed by atoms with van der Waals surface area (Å²) in [4.78, 5) is 12.0. The fourth-order valence-electron chi connectivity index (χ4n) is 3.57. The first-order valence-corrected chi connectivity index (χ1v) is 9.58. The van der Waals surface area contributed by atoms with Crippen LogP contribution in [0.2, 0.25) is 0 Å². The standard InChI is InChI=1S/C19H34O3/c1-2-3-15-21-18(20)19(16-22-19)14-10-5-4-7-11-17-12-8-6-9-13-17/h17H,2-16H2,1H3. The molecule has 1 aliphatic heterocycles. The zero-order valence-electron chi connectivity index (χ0n) is 14.4. The molecule has 1 aliphatic carbocycles. The van der Waals surface area contributed by atoms with E-state index in [1.54, 1.807) is 0 Å². The van der Waals surface area contributed by atoms with Crippen molar-refractivity contribution in [1.82, 2.24) is 0 Å². The Morgan fingerprint density at radius 3 is 2.50 bits per heavy atom. The highest BCUT2D eigenvalue weighted by Gasteiger charge is 2.52. The molecule has 0 aromatic rings. The lowest BCUT2D eigenvalue weighted by Crippen LogP contribution is -2.27. The molecule has 0 N–H and O–H groups in total. The summed E-state index contributed by atoms with van der Waals surface area (Å²) < 4.78 is 10.7. The van der Waals surface area contributed by atoms with Gasteiger partial charge in [0.1, 0.15) is 0 Å². The minimum Gasteiger partial charge on any atom is -0.463 e. The van der Waals surface area contributed by atoms with Gasteiger partial charge in [-0.2, -0.15) is 0 Å². The Kier molecular flexibility index (Phi) is 7.71. The largest absolute Gasteiger partial charge is 0.463 e. The highest BCUT2D eigenvalue weighted by molar-refractivity contribution is 5.82. The van der Waals surface area contributed by atoms with E-state index in [0.29, 0.717) is 13.2 Å². The van der Waals surface area contributed by atoms with Crippen LogP contribution < -0.4 is 0 Å². The maximum atomic E-state index is 12.0. The minimum absolute atomic E-state index is 0.122. The summed E-state index contributed by atoms with van der Waals surface area (Å²) in [6, 6.07) is 0. The molecular weight excluding hydrogens is 276 g/mol. The maximum Gasteiger partial charge on any atom is 0.340 e. The summed E-state index contributed by atoms with van der Waals surface area (Å²) in [6.07, 6.45) is 16.5. The van der Waals surface area contributed by atoms with Crippen LogP contribution in [0.4, 0.5) is 0 Å². The number of hydrogen-bond donors (Lipinski definition) is 0. The van der Waals surface area contributed by atoms with Crippen molar-refractivity contribution in [2.45, 2.75) is 96.0 Å². The Balaban J connectivity index is 1.48. The van der Waals surface area contributed by atoms with Gasteiger partial charge in [-0.25, -0.2) is 4.79 Å². The topological polar surface area (TPSA) is 38.8 Å². The first-order valence-electron chi connectivity index (χ1n) is 9.58. The van der Waals surface area contributed by atoms with Gasteiger partial charge in [-0.05, 0) is 25.2 Å². The van der Waals surface area contributed by atoms with E-state index in [1.807, 2.05) is 0 Å². The third-order valence-corrected chi connectivity index (χ3v) is 5.26. The lowest BCUT2D eigenvalue weighted by atomic mass is 9.85. The minimum atomic E-state index is -0.558. The van der Waals surface area contributed by atoms with Gasteiger partial charge in [0.15, 0.2) is 5.60 Å². The van der Waals surface area contributed by atoms with Crippen LogP contribution in [-0.2, 0) is 14.3 Å². The molecule has 0 aromatic heterocycles. The lowest BCUT2D eigenvalue weighted by Gasteiger charge is -2.21. The van der Waals surface area contributed by atoms with Crippen molar-refractivity contribution in [3.05, 3.63) is 0 Å². The number of unbranched alkanes of at least 4 members (excludes halogenated alkanes) is 4. The Morgan fingerprint density at radius 1 is 1.09 bits per heavy atom. The summed E-state index contributed by atoms with van der Waals surface area (Å²) in [6.45, 7) is 3.21. The summed E-state index contributed by atoms with van der Waals surface area (Å²) in [5.41, 5.74) is -0.558. The van der Waals surface area contributed by atoms with E-state index >= 15 is 0 Å². The van der Waals surface area contributed by atoms with Crippen LogP contribution in [0, 0.1) is 5.92 Å². The quantitative estimate of drug-likeness (QED) is 0.305. The van der Waals surface area contributed by atoms with Gasteiger partial charge in [0.25, 0.3) is 0 Å². The number of carbonyl (C=O) groups is 1. The molecule has 128 valence electrons. The SMILES string of the molecule is CCCCOC(=O)C1(CCCCCCC2CCCCC2)CO1. The van der Waals surface area contributed by atoms with Crippen LogP contribution >= 0.6 is 0 Å². The second-order valence-electron chi connectivity index (χ2n) is 7.23. The number of esters is 1. The van der Waals surface area contributed by atoms with Crippen LogP contribution in [0.5, 0.6) is 0 Å². The van der Waals surface area contributed by atoms with Crippen molar-refractivity contribution in [3.63, 3.8) is 0 Å². The number of hydrogen-bond acceptors (Lipinski definition) is 3. The van der Waals surface area contributed by atoms with Gasteiger partial charge in [-0.3, -0.25) is 0 Å². The molecule has 22 heavy (non-hydrogen) atoms. The highest BCUT2D eigenvalue weighted by Crippen LogP contribution is 2.35. The molecule has 1 heterocycles. The van der Waals surface area contributed by atoms with Gasteiger partial charge in [0.2, 0.25) is 0 Å². The first-order chi connectivity index (χ1) is 10.8. The molecule has 0 radical (unpaired) electrons. The average Bonchev–Trinajstić information content (AvgIpc) is 3.33. The Morgan fingerprint density at radius 2 is 1.82 bits per heavy atom. The Hall–Kier alpha value is -0.570. The lowest BCUT2D eigenvalue weighted by molar-refractivity contribution is -0.150. The Labute approximate surface area is 136 Å².